The molecule has 0 saturated carbocycles. The number of anilines is 2. The normalized spacial score (nSPS) is 12.6. The molecule has 96 valence electrons. The molecule has 1 aromatic heterocycles. The van der Waals surface area contributed by atoms with Crippen molar-refractivity contribution in [3.63, 3.8) is 0 Å². The first-order chi connectivity index (χ1) is 8.06. The molecule has 5 heteroatoms. The van der Waals surface area contributed by atoms with E-state index in [2.05, 4.69) is 34.4 Å². The van der Waals surface area contributed by atoms with Crippen LogP contribution in [0, 0.1) is 12.8 Å². The molecule has 3 N–H and O–H groups in total. The molecule has 0 aromatic carbocycles. The molecule has 0 bridgehead atoms. The van der Waals surface area contributed by atoms with Gasteiger partial charge in [-0.05, 0) is 19.8 Å². The van der Waals surface area contributed by atoms with Crippen molar-refractivity contribution in [1.82, 2.24) is 9.97 Å². The molecule has 1 heterocycles. The van der Waals surface area contributed by atoms with Gasteiger partial charge >= 0.3 is 0 Å². The van der Waals surface area contributed by atoms with Crippen molar-refractivity contribution in [2.75, 3.05) is 23.8 Å². The molecular weight excluding hydrogens is 216 g/mol. The number of nitrogens with one attached hydrogen (secondary N) is 2. The number of aryl methyl sites for hydroxylation is 1. The highest BCUT2D eigenvalue weighted by Gasteiger charge is 2.13. The molecule has 0 aliphatic heterocycles. The fourth-order valence-corrected chi connectivity index (χ4v) is 1.49. The Balaban J connectivity index is 2.82. The summed E-state index contributed by atoms with van der Waals surface area (Å²) in [6.07, 6.45) is 0. The van der Waals surface area contributed by atoms with Crippen LogP contribution in [0.2, 0.25) is 0 Å². The van der Waals surface area contributed by atoms with Crippen molar-refractivity contribution < 1.29 is 5.11 Å². The van der Waals surface area contributed by atoms with Crippen LogP contribution in [-0.2, 0) is 0 Å². The second-order valence-corrected chi connectivity index (χ2v) is 4.43. The number of aliphatic hydroxyl groups excluding tert-OH is 1. The lowest BCUT2D eigenvalue weighted by Crippen LogP contribution is -2.30. The van der Waals surface area contributed by atoms with Crippen molar-refractivity contribution in [3.05, 3.63) is 11.8 Å². The first kappa shape index (κ1) is 13.7. The maximum Gasteiger partial charge on any atom is 0.224 e. The zero-order valence-electron chi connectivity index (χ0n) is 11.0. The molecule has 0 amide bonds. The second-order valence-electron chi connectivity index (χ2n) is 4.43. The molecule has 0 fully saturated rings. The van der Waals surface area contributed by atoms with E-state index in [0.29, 0.717) is 11.9 Å². The molecule has 0 spiro atoms. The maximum atomic E-state index is 9.28. The molecular formula is C12H22N4O. The SMILES string of the molecule is CCNc1nc(C)cc(N[C@H](CO)C(C)C)n1. The summed E-state index contributed by atoms with van der Waals surface area (Å²) in [6.45, 7) is 8.94. The monoisotopic (exact) mass is 238 g/mol. The van der Waals surface area contributed by atoms with Crippen molar-refractivity contribution in [2.24, 2.45) is 5.92 Å². The van der Waals surface area contributed by atoms with E-state index in [1.165, 1.54) is 0 Å². The van der Waals surface area contributed by atoms with E-state index in [1.807, 2.05) is 19.9 Å². The lowest BCUT2D eigenvalue weighted by Gasteiger charge is -2.20. The Labute approximate surface area is 103 Å². The van der Waals surface area contributed by atoms with Crippen molar-refractivity contribution in [2.45, 2.75) is 33.7 Å². The Morgan fingerprint density at radius 1 is 1.35 bits per heavy atom. The Bertz CT molecular complexity index is 354. The van der Waals surface area contributed by atoms with Gasteiger partial charge in [-0.1, -0.05) is 13.8 Å². The summed E-state index contributed by atoms with van der Waals surface area (Å²) >= 11 is 0. The predicted molar refractivity (Wildman–Crippen MR) is 70.3 cm³/mol. The number of aliphatic hydroxyl groups is 1. The minimum Gasteiger partial charge on any atom is -0.394 e. The third-order valence-electron chi connectivity index (χ3n) is 2.52. The highest BCUT2D eigenvalue weighted by atomic mass is 16.3. The first-order valence-corrected chi connectivity index (χ1v) is 6.03. The summed E-state index contributed by atoms with van der Waals surface area (Å²) < 4.78 is 0. The molecule has 5 nitrogen and oxygen atoms in total. The third kappa shape index (κ3) is 4.19. The van der Waals surface area contributed by atoms with Gasteiger partial charge in [0.25, 0.3) is 0 Å². The molecule has 1 atom stereocenters. The minimum atomic E-state index is 0.0128. The first-order valence-electron chi connectivity index (χ1n) is 6.03. The van der Waals surface area contributed by atoms with Gasteiger partial charge in [0.05, 0.1) is 12.6 Å². The number of rotatable bonds is 6. The Hall–Kier alpha value is -1.36. The van der Waals surface area contributed by atoms with Crippen LogP contribution in [0.4, 0.5) is 11.8 Å². The molecule has 0 unspecified atom stereocenters. The topological polar surface area (TPSA) is 70.1 Å². The van der Waals surface area contributed by atoms with Gasteiger partial charge in [-0.3, -0.25) is 0 Å². The van der Waals surface area contributed by atoms with Gasteiger partial charge in [-0.15, -0.1) is 0 Å². The number of hydrogen-bond acceptors (Lipinski definition) is 5. The van der Waals surface area contributed by atoms with Crippen LogP contribution < -0.4 is 10.6 Å². The van der Waals surface area contributed by atoms with Gasteiger partial charge in [0.2, 0.25) is 5.95 Å². The molecule has 0 aliphatic rings. The van der Waals surface area contributed by atoms with E-state index in [-0.39, 0.29) is 12.6 Å². The average molecular weight is 238 g/mol. The van der Waals surface area contributed by atoms with E-state index in [0.717, 1.165) is 18.1 Å². The van der Waals surface area contributed by atoms with Crippen LogP contribution >= 0.6 is 0 Å². The van der Waals surface area contributed by atoms with Crippen LogP contribution in [0.5, 0.6) is 0 Å². The second kappa shape index (κ2) is 6.39. The van der Waals surface area contributed by atoms with Gasteiger partial charge in [-0.2, -0.15) is 4.98 Å². The van der Waals surface area contributed by atoms with Crippen molar-refractivity contribution in [3.8, 4) is 0 Å². The van der Waals surface area contributed by atoms with Gasteiger partial charge < -0.3 is 15.7 Å². The van der Waals surface area contributed by atoms with Crippen LogP contribution in [0.15, 0.2) is 6.07 Å². The Morgan fingerprint density at radius 2 is 2.06 bits per heavy atom. The van der Waals surface area contributed by atoms with E-state index in [1.54, 1.807) is 0 Å². The summed E-state index contributed by atoms with van der Waals surface area (Å²) in [7, 11) is 0. The molecule has 1 rings (SSSR count). The number of hydrogen-bond donors (Lipinski definition) is 3. The predicted octanol–water partition coefficient (Wildman–Crippen LogP) is 1.65. The van der Waals surface area contributed by atoms with Gasteiger partial charge in [-0.25, -0.2) is 4.98 Å². The fraction of sp³-hybridized carbons (Fsp3) is 0.667. The number of nitrogens with zero attached hydrogens (tertiary/aromatic N) is 2. The largest absolute Gasteiger partial charge is 0.394 e. The van der Waals surface area contributed by atoms with Crippen LogP contribution in [-0.4, -0.2) is 34.3 Å². The Kier molecular flexibility index (Phi) is 5.15. The maximum absolute atomic E-state index is 9.28. The Morgan fingerprint density at radius 3 is 2.59 bits per heavy atom. The molecule has 0 saturated heterocycles. The summed E-state index contributed by atoms with van der Waals surface area (Å²) in [5.41, 5.74) is 0.902. The zero-order chi connectivity index (χ0) is 12.8. The van der Waals surface area contributed by atoms with Gasteiger partial charge in [0.1, 0.15) is 5.82 Å². The third-order valence-corrected chi connectivity index (χ3v) is 2.52. The summed E-state index contributed by atoms with van der Waals surface area (Å²) in [4.78, 5) is 8.63. The van der Waals surface area contributed by atoms with Crippen LogP contribution in [0.3, 0.4) is 0 Å². The van der Waals surface area contributed by atoms with Crippen LogP contribution in [0.1, 0.15) is 26.5 Å². The smallest absolute Gasteiger partial charge is 0.224 e. The number of aromatic nitrogens is 2. The fourth-order valence-electron chi connectivity index (χ4n) is 1.49. The van der Waals surface area contributed by atoms with E-state index < -0.39 is 0 Å². The molecule has 1 aromatic rings. The zero-order valence-corrected chi connectivity index (χ0v) is 11.0. The van der Waals surface area contributed by atoms with E-state index in [4.69, 9.17) is 0 Å². The van der Waals surface area contributed by atoms with Gasteiger partial charge in [0, 0.05) is 18.3 Å². The highest BCUT2D eigenvalue weighted by Crippen LogP contribution is 2.13. The summed E-state index contributed by atoms with van der Waals surface area (Å²) in [6, 6.07) is 1.89. The quantitative estimate of drug-likeness (QED) is 0.703. The summed E-state index contributed by atoms with van der Waals surface area (Å²) in [5.74, 6) is 1.72. The average Bonchev–Trinajstić information content (AvgIpc) is 2.25. The van der Waals surface area contributed by atoms with E-state index >= 15 is 0 Å². The molecule has 0 radical (unpaired) electrons. The molecule has 17 heavy (non-hydrogen) atoms. The lowest BCUT2D eigenvalue weighted by atomic mass is 10.1. The van der Waals surface area contributed by atoms with Crippen molar-refractivity contribution >= 4 is 11.8 Å². The lowest BCUT2D eigenvalue weighted by molar-refractivity contribution is 0.249. The van der Waals surface area contributed by atoms with Crippen molar-refractivity contribution in [1.29, 1.82) is 0 Å². The van der Waals surface area contributed by atoms with Crippen LogP contribution in [0.25, 0.3) is 0 Å². The molecule has 0 aliphatic carbocycles. The standard InChI is InChI=1S/C12H22N4O/c1-5-13-12-14-9(4)6-11(16-12)15-10(7-17)8(2)3/h6,8,10,17H,5,7H2,1-4H3,(H2,13,14,15,16)/t10-/m1/s1. The van der Waals surface area contributed by atoms with Gasteiger partial charge in [0.15, 0.2) is 0 Å². The minimum absolute atomic E-state index is 0.0128. The summed E-state index contributed by atoms with van der Waals surface area (Å²) in [5, 5.41) is 15.6. The van der Waals surface area contributed by atoms with E-state index in [9.17, 15) is 5.11 Å². The highest BCUT2D eigenvalue weighted by molar-refractivity contribution is 5.42.